The van der Waals surface area contributed by atoms with Crippen LogP contribution in [0.1, 0.15) is 52.3 Å². The van der Waals surface area contributed by atoms with Crippen molar-refractivity contribution in [1.82, 2.24) is 25.1 Å². The van der Waals surface area contributed by atoms with Gasteiger partial charge in [0.1, 0.15) is 0 Å². The van der Waals surface area contributed by atoms with Gasteiger partial charge in [0.2, 0.25) is 0 Å². The second kappa shape index (κ2) is 12.3. The van der Waals surface area contributed by atoms with E-state index in [1.165, 1.54) is 25.1 Å². The summed E-state index contributed by atoms with van der Waals surface area (Å²) >= 11 is 0. The Morgan fingerprint density at radius 2 is 1.42 bits per heavy atom. The number of tetrazole rings is 1. The van der Waals surface area contributed by atoms with Crippen LogP contribution in [-0.2, 0) is 43.4 Å². The molecule has 7 nitrogen and oxygen atoms in total. The fourth-order valence-corrected chi connectivity index (χ4v) is 5.24. The molecular formula is C27H29F9N6O. The number of hydrogen-bond donors (Lipinski definition) is 0. The maximum absolute atomic E-state index is 13.8. The molecule has 4 rings (SSSR count). The van der Waals surface area contributed by atoms with Crippen molar-refractivity contribution >= 4 is 5.95 Å². The summed E-state index contributed by atoms with van der Waals surface area (Å²) in [6.45, 7) is 0.496. The average Bonchev–Trinajstić information content (AvgIpc) is 3.35. The summed E-state index contributed by atoms with van der Waals surface area (Å²) in [5.74, 6) is -0.248. The Kier molecular flexibility index (Phi) is 9.30. The van der Waals surface area contributed by atoms with E-state index >= 15 is 0 Å². The minimum atomic E-state index is -5.08. The number of ether oxygens (including phenoxy) is 1. The summed E-state index contributed by atoms with van der Waals surface area (Å²) in [7, 11) is 4.77. The van der Waals surface area contributed by atoms with Gasteiger partial charge in [0.25, 0.3) is 5.95 Å². The first kappa shape index (κ1) is 32.5. The smallest absolute Gasteiger partial charge is 0.376 e. The quantitative estimate of drug-likeness (QED) is 0.267. The molecule has 43 heavy (non-hydrogen) atoms. The second-order valence-corrected chi connectivity index (χ2v) is 10.6. The Morgan fingerprint density at radius 1 is 0.837 bits per heavy atom. The van der Waals surface area contributed by atoms with Crippen LogP contribution >= 0.6 is 0 Å². The zero-order valence-electron chi connectivity index (χ0n) is 23.4. The highest BCUT2D eigenvalue weighted by molar-refractivity contribution is 5.42. The normalized spacial score (nSPS) is 16.5. The third-order valence-corrected chi connectivity index (χ3v) is 7.38. The van der Waals surface area contributed by atoms with Crippen LogP contribution in [0.25, 0.3) is 0 Å². The molecule has 2 heterocycles. The average molecular weight is 625 g/mol. The lowest BCUT2D eigenvalue weighted by Crippen LogP contribution is -2.34. The van der Waals surface area contributed by atoms with Crippen LogP contribution < -0.4 is 4.90 Å². The van der Waals surface area contributed by atoms with Crippen molar-refractivity contribution in [2.24, 2.45) is 13.0 Å². The monoisotopic (exact) mass is 624 g/mol. The first-order chi connectivity index (χ1) is 20.0. The fraction of sp³-hybridized carbons (Fsp3) is 0.519. The third-order valence-electron chi connectivity index (χ3n) is 7.38. The van der Waals surface area contributed by atoms with Gasteiger partial charge in [-0.1, -0.05) is 11.2 Å². The van der Waals surface area contributed by atoms with E-state index in [-0.39, 0.29) is 23.5 Å². The Hall–Kier alpha value is -3.40. The predicted octanol–water partition coefficient (Wildman–Crippen LogP) is 6.50. The molecule has 0 amide bonds. The van der Waals surface area contributed by atoms with E-state index in [0.717, 1.165) is 30.0 Å². The minimum Gasteiger partial charge on any atom is -0.376 e. The number of hydrogen-bond acceptors (Lipinski definition) is 6. The molecule has 1 saturated heterocycles. The maximum atomic E-state index is 13.8. The van der Waals surface area contributed by atoms with Gasteiger partial charge in [-0.05, 0) is 91.1 Å². The van der Waals surface area contributed by atoms with Gasteiger partial charge in [-0.15, -0.1) is 5.10 Å². The van der Waals surface area contributed by atoms with E-state index < -0.39 is 60.0 Å². The topological polar surface area (TPSA) is 59.3 Å². The maximum Gasteiger partial charge on any atom is 0.416 e. The van der Waals surface area contributed by atoms with Gasteiger partial charge in [-0.2, -0.15) is 44.3 Å². The number of rotatable bonds is 8. The van der Waals surface area contributed by atoms with Crippen molar-refractivity contribution in [2.45, 2.75) is 50.6 Å². The number of aryl methyl sites for hydroxylation is 1. The number of aromatic nitrogens is 4. The fourth-order valence-electron chi connectivity index (χ4n) is 5.24. The number of anilines is 1. The number of benzene rings is 2. The zero-order valence-corrected chi connectivity index (χ0v) is 23.4. The zero-order chi connectivity index (χ0) is 31.7. The van der Waals surface area contributed by atoms with Gasteiger partial charge in [0.15, 0.2) is 0 Å². The summed E-state index contributed by atoms with van der Waals surface area (Å²) in [5, 5.41) is 11.6. The Morgan fingerprint density at radius 3 is 1.91 bits per heavy atom. The highest BCUT2D eigenvalue weighted by Gasteiger charge is 2.38. The van der Waals surface area contributed by atoms with Gasteiger partial charge in [0.05, 0.1) is 29.8 Å². The van der Waals surface area contributed by atoms with Gasteiger partial charge in [-0.25, -0.2) is 0 Å². The van der Waals surface area contributed by atoms with Gasteiger partial charge >= 0.3 is 18.5 Å². The van der Waals surface area contributed by atoms with Crippen LogP contribution in [0.4, 0.5) is 45.5 Å². The summed E-state index contributed by atoms with van der Waals surface area (Å²) < 4.78 is 128. The van der Waals surface area contributed by atoms with Crippen molar-refractivity contribution in [3.05, 3.63) is 69.8 Å². The number of alkyl halides is 9. The van der Waals surface area contributed by atoms with Crippen LogP contribution in [0.3, 0.4) is 0 Å². The van der Waals surface area contributed by atoms with E-state index in [1.54, 1.807) is 0 Å². The molecule has 1 aliphatic heterocycles. The molecule has 0 unspecified atom stereocenters. The number of methoxy groups -OCH3 is 1. The first-order valence-electron chi connectivity index (χ1n) is 13.1. The molecule has 1 aromatic heterocycles. The lowest BCUT2D eigenvalue weighted by Gasteiger charge is -2.35. The van der Waals surface area contributed by atoms with Crippen LogP contribution in [0.5, 0.6) is 0 Å². The molecule has 1 atom stereocenters. The number of nitrogens with zero attached hydrogens (tertiary/aromatic N) is 6. The minimum absolute atomic E-state index is 0.00407. The summed E-state index contributed by atoms with van der Waals surface area (Å²) in [6.07, 6.45) is -14.1. The first-order valence-corrected chi connectivity index (χ1v) is 13.1. The molecule has 0 bridgehead atoms. The van der Waals surface area contributed by atoms with Crippen LogP contribution in [-0.4, -0.2) is 52.4 Å². The van der Waals surface area contributed by atoms with Crippen molar-refractivity contribution in [2.75, 3.05) is 32.1 Å². The van der Waals surface area contributed by atoms with Crippen LogP contribution in [0.2, 0.25) is 0 Å². The molecule has 0 radical (unpaired) electrons. The van der Waals surface area contributed by atoms with E-state index in [2.05, 4.69) is 20.3 Å². The molecule has 1 aliphatic rings. The standard InChI is InChI=1S/C27H29F9N6O/c1-40-8-6-17(7-9-40)23(43-3)22-5-4-19(25(28,29)30)12-18(22)15-42(24-37-39-41(2)38-24)14-16-10-20(26(31,32)33)13-21(11-16)27(34,35)36/h4-5,10-13,17,23H,6-9,14-15H2,1-3H3/t23-/m1/s1. The number of piperidine rings is 1. The van der Waals surface area contributed by atoms with E-state index in [9.17, 15) is 39.5 Å². The Balaban J connectivity index is 1.80. The molecule has 236 valence electrons. The molecular weight excluding hydrogens is 595 g/mol. The molecule has 16 heteroatoms. The third kappa shape index (κ3) is 7.96. The molecule has 1 fully saturated rings. The molecule has 3 aromatic rings. The summed E-state index contributed by atoms with van der Waals surface area (Å²) in [6, 6.07) is 4.26. The SMILES string of the molecule is CO[C@@H](c1ccc(C(F)(F)F)cc1CN(Cc1cc(C(F)(F)F)cc(C(F)(F)F)c1)c1nnn(C)n1)C1CCN(C)CC1. The van der Waals surface area contributed by atoms with E-state index in [4.69, 9.17) is 4.74 Å². The van der Waals surface area contributed by atoms with E-state index in [0.29, 0.717) is 30.5 Å². The second-order valence-electron chi connectivity index (χ2n) is 10.6. The van der Waals surface area contributed by atoms with Gasteiger partial charge in [-0.3, -0.25) is 0 Å². The molecule has 0 N–H and O–H groups in total. The lowest BCUT2D eigenvalue weighted by atomic mass is 9.85. The van der Waals surface area contributed by atoms with Gasteiger partial charge < -0.3 is 14.5 Å². The molecule has 0 saturated carbocycles. The number of likely N-dealkylation sites (tertiary alicyclic amines) is 1. The Labute approximate surface area is 241 Å². The predicted molar refractivity (Wildman–Crippen MR) is 137 cm³/mol. The number of halogens is 9. The highest BCUT2D eigenvalue weighted by Crippen LogP contribution is 2.40. The lowest BCUT2D eigenvalue weighted by molar-refractivity contribution is -0.143. The molecule has 0 spiro atoms. The van der Waals surface area contributed by atoms with Crippen molar-refractivity contribution < 1.29 is 44.3 Å². The molecule has 2 aromatic carbocycles. The van der Waals surface area contributed by atoms with E-state index in [1.807, 2.05) is 7.05 Å². The van der Waals surface area contributed by atoms with Crippen LogP contribution in [0.15, 0.2) is 36.4 Å². The van der Waals surface area contributed by atoms with Gasteiger partial charge in [0, 0.05) is 20.2 Å². The largest absolute Gasteiger partial charge is 0.416 e. The summed E-state index contributed by atoms with van der Waals surface area (Å²) in [5.41, 5.74) is -3.90. The summed E-state index contributed by atoms with van der Waals surface area (Å²) in [4.78, 5) is 4.31. The van der Waals surface area contributed by atoms with Crippen molar-refractivity contribution in [3.8, 4) is 0 Å². The Bertz CT molecular complexity index is 1360. The van der Waals surface area contributed by atoms with Crippen LogP contribution in [0, 0.1) is 5.92 Å². The van der Waals surface area contributed by atoms with Crippen molar-refractivity contribution in [1.29, 1.82) is 0 Å². The van der Waals surface area contributed by atoms with Crippen molar-refractivity contribution in [3.63, 3.8) is 0 Å². The highest BCUT2D eigenvalue weighted by atomic mass is 19.4. The molecule has 0 aliphatic carbocycles.